The number of ether oxygens (including phenoxy) is 1. The molecule has 0 saturated heterocycles. The second-order valence-corrected chi connectivity index (χ2v) is 5.13. The van der Waals surface area contributed by atoms with E-state index in [2.05, 4.69) is 5.32 Å². The molecule has 22 heavy (non-hydrogen) atoms. The van der Waals surface area contributed by atoms with Crippen molar-refractivity contribution < 1.29 is 14.6 Å². The van der Waals surface area contributed by atoms with Crippen LogP contribution in [0.5, 0.6) is 5.75 Å². The SMILES string of the molecule is Cc1cccc(OCCC(=O)NC(CO)c2ccccc2)c1. The van der Waals surface area contributed by atoms with Crippen LogP contribution in [0.2, 0.25) is 0 Å². The largest absolute Gasteiger partial charge is 0.493 e. The first kappa shape index (κ1) is 16.0. The third-order valence-corrected chi connectivity index (χ3v) is 3.31. The summed E-state index contributed by atoms with van der Waals surface area (Å²) in [6.45, 7) is 2.17. The fourth-order valence-electron chi connectivity index (χ4n) is 2.15. The van der Waals surface area contributed by atoms with E-state index < -0.39 is 0 Å². The van der Waals surface area contributed by atoms with Crippen LogP contribution in [-0.4, -0.2) is 24.2 Å². The van der Waals surface area contributed by atoms with Crippen molar-refractivity contribution in [1.82, 2.24) is 5.32 Å². The van der Waals surface area contributed by atoms with Crippen molar-refractivity contribution in [2.75, 3.05) is 13.2 Å². The molecule has 0 saturated carbocycles. The number of amides is 1. The fourth-order valence-corrected chi connectivity index (χ4v) is 2.15. The summed E-state index contributed by atoms with van der Waals surface area (Å²) < 4.78 is 5.56. The minimum absolute atomic E-state index is 0.130. The van der Waals surface area contributed by atoms with E-state index in [1.807, 2.05) is 61.5 Å². The maximum atomic E-state index is 11.9. The Morgan fingerprint density at radius 3 is 2.64 bits per heavy atom. The molecule has 0 fully saturated rings. The zero-order valence-electron chi connectivity index (χ0n) is 12.7. The zero-order valence-corrected chi connectivity index (χ0v) is 12.7. The van der Waals surface area contributed by atoms with Crippen LogP contribution in [0.1, 0.15) is 23.6 Å². The standard InChI is InChI=1S/C18H21NO3/c1-14-6-5-9-16(12-14)22-11-10-18(21)19-17(13-20)15-7-3-2-4-8-15/h2-9,12,17,20H,10-11,13H2,1H3,(H,19,21). The van der Waals surface area contributed by atoms with Gasteiger partial charge in [-0.3, -0.25) is 4.79 Å². The molecule has 0 aliphatic carbocycles. The smallest absolute Gasteiger partial charge is 0.223 e. The van der Waals surface area contributed by atoms with Crippen LogP contribution in [0.3, 0.4) is 0 Å². The maximum Gasteiger partial charge on any atom is 0.223 e. The quantitative estimate of drug-likeness (QED) is 0.826. The molecule has 0 spiro atoms. The van der Waals surface area contributed by atoms with Crippen molar-refractivity contribution in [3.8, 4) is 5.75 Å². The van der Waals surface area contributed by atoms with Gasteiger partial charge in [-0.15, -0.1) is 0 Å². The number of benzene rings is 2. The predicted molar refractivity (Wildman–Crippen MR) is 85.7 cm³/mol. The van der Waals surface area contributed by atoms with E-state index in [1.165, 1.54) is 0 Å². The lowest BCUT2D eigenvalue weighted by Crippen LogP contribution is -2.31. The van der Waals surface area contributed by atoms with E-state index in [1.54, 1.807) is 0 Å². The molecule has 2 rings (SSSR count). The molecule has 116 valence electrons. The number of carbonyl (C=O) groups is 1. The van der Waals surface area contributed by atoms with E-state index in [9.17, 15) is 9.90 Å². The van der Waals surface area contributed by atoms with Gasteiger partial charge in [0.05, 0.1) is 25.7 Å². The molecule has 2 N–H and O–H groups in total. The number of hydrogen-bond acceptors (Lipinski definition) is 3. The Hall–Kier alpha value is -2.33. The van der Waals surface area contributed by atoms with Gasteiger partial charge < -0.3 is 15.2 Å². The molecule has 4 nitrogen and oxygen atoms in total. The Labute approximate surface area is 130 Å². The number of aliphatic hydroxyl groups excluding tert-OH is 1. The number of rotatable bonds is 7. The summed E-state index contributed by atoms with van der Waals surface area (Å²) in [5.74, 6) is 0.616. The summed E-state index contributed by atoms with van der Waals surface area (Å²) in [6.07, 6.45) is 0.247. The predicted octanol–water partition coefficient (Wildman–Crippen LogP) is 2.61. The number of nitrogens with one attached hydrogen (secondary N) is 1. The molecule has 0 aliphatic rings. The van der Waals surface area contributed by atoms with Crippen LogP contribution in [0.25, 0.3) is 0 Å². The Kier molecular flexibility index (Phi) is 5.98. The average Bonchev–Trinajstić information content (AvgIpc) is 2.53. The van der Waals surface area contributed by atoms with Gasteiger partial charge in [0.2, 0.25) is 5.91 Å². The summed E-state index contributed by atoms with van der Waals surface area (Å²) in [5.41, 5.74) is 2.00. The van der Waals surface area contributed by atoms with Gasteiger partial charge in [-0.05, 0) is 30.2 Å². The van der Waals surface area contributed by atoms with Crippen molar-refractivity contribution >= 4 is 5.91 Å². The highest BCUT2D eigenvalue weighted by atomic mass is 16.5. The molecular formula is C18H21NO3. The first-order chi connectivity index (χ1) is 10.7. The van der Waals surface area contributed by atoms with Gasteiger partial charge in [0.1, 0.15) is 5.75 Å². The molecule has 4 heteroatoms. The second-order valence-electron chi connectivity index (χ2n) is 5.13. The Morgan fingerprint density at radius 1 is 1.18 bits per heavy atom. The second kappa shape index (κ2) is 8.20. The first-order valence-corrected chi connectivity index (χ1v) is 7.33. The zero-order chi connectivity index (χ0) is 15.8. The molecule has 0 bridgehead atoms. The maximum absolute atomic E-state index is 11.9. The van der Waals surface area contributed by atoms with Gasteiger partial charge in [0.25, 0.3) is 0 Å². The summed E-state index contributed by atoms with van der Waals surface area (Å²) in [4.78, 5) is 11.9. The first-order valence-electron chi connectivity index (χ1n) is 7.33. The molecule has 1 atom stereocenters. The van der Waals surface area contributed by atoms with Gasteiger partial charge in [0.15, 0.2) is 0 Å². The molecule has 1 unspecified atom stereocenters. The summed E-state index contributed by atoms with van der Waals surface area (Å²) in [6, 6.07) is 16.7. The van der Waals surface area contributed by atoms with Crippen LogP contribution < -0.4 is 10.1 Å². The van der Waals surface area contributed by atoms with E-state index in [4.69, 9.17) is 4.74 Å². The van der Waals surface area contributed by atoms with Crippen LogP contribution >= 0.6 is 0 Å². The van der Waals surface area contributed by atoms with Gasteiger partial charge in [-0.1, -0.05) is 42.5 Å². The number of hydrogen-bond donors (Lipinski definition) is 2. The lowest BCUT2D eigenvalue weighted by atomic mass is 10.1. The molecule has 2 aromatic carbocycles. The van der Waals surface area contributed by atoms with Crippen LogP contribution in [-0.2, 0) is 4.79 Å². The van der Waals surface area contributed by atoms with E-state index >= 15 is 0 Å². The number of aryl methyl sites for hydroxylation is 1. The minimum atomic E-state index is -0.382. The van der Waals surface area contributed by atoms with Gasteiger partial charge in [-0.2, -0.15) is 0 Å². The molecular weight excluding hydrogens is 278 g/mol. The van der Waals surface area contributed by atoms with Crippen molar-refractivity contribution in [1.29, 1.82) is 0 Å². The number of aliphatic hydroxyl groups is 1. The normalized spacial score (nSPS) is 11.7. The molecule has 0 aliphatic heterocycles. The van der Waals surface area contributed by atoms with Gasteiger partial charge in [0, 0.05) is 0 Å². The molecule has 0 radical (unpaired) electrons. The third-order valence-electron chi connectivity index (χ3n) is 3.31. The highest BCUT2D eigenvalue weighted by molar-refractivity contribution is 5.76. The average molecular weight is 299 g/mol. The molecule has 2 aromatic rings. The van der Waals surface area contributed by atoms with E-state index in [-0.39, 0.29) is 25.0 Å². The molecule has 0 aromatic heterocycles. The highest BCUT2D eigenvalue weighted by Crippen LogP contribution is 2.13. The van der Waals surface area contributed by atoms with Gasteiger partial charge in [-0.25, -0.2) is 0 Å². The monoisotopic (exact) mass is 299 g/mol. The summed E-state index contributed by atoms with van der Waals surface area (Å²) in [5, 5.41) is 12.2. The topological polar surface area (TPSA) is 58.6 Å². The van der Waals surface area contributed by atoms with Crippen molar-refractivity contribution in [3.05, 3.63) is 65.7 Å². The highest BCUT2D eigenvalue weighted by Gasteiger charge is 2.13. The van der Waals surface area contributed by atoms with Crippen LogP contribution in [0.15, 0.2) is 54.6 Å². The molecule has 1 amide bonds. The molecule has 0 heterocycles. The third kappa shape index (κ3) is 4.90. The minimum Gasteiger partial charge on any atom is -0.493 e. The van der Waals surface area contributed by atoms with Crippen LogP contribution in [0, 0.1) is 6.92 Å². The Bertz CT molecular complexity index is 598. The van der Waals surface area contributed by atoms with E-state index in [0.717, 1.165) is 16.9 Å². The Morgan fingerprint density at radius 2 is 1.95 bits per heavy atom. The fraction of sp³-hybridized carbons (Fsp3) is 0.278. The van der Waals surface area contributed by atoms with Gasteiger partial charge >= 0.3 is 0 Å². The van der Waals surface area contributed by atoms with E-state index in [0.29, 0.717) is 6.61 Å². The van der Waals surface area contributed by atoms with Crippen molar-refractivity contribution in [2.24, 2.45) is 0 Å². The summed E-state index contributed by atoms with van der Waals surface area (Å²) >= 11 is 0. The summed E-state index contributed by atoms with van der Waals surface area (Å²) in [7, 11) is 0. The Balaban J connectivity index is 1.80. The van der Waals surface area contributed by atoms with Crippen molar-refractivity contribution in [3.63, 3.8) is 0 Å². The lowest BCUT2D eigenvalue weighted by Gasteiger charge is -2.16. The van der Waals surface area contributed by atoms with Crippen molar-refractivity contribution in [2.45, 2.75) is 19.4 Å². The lowest BCUT2D eigenvalue weighted by molar-refractivity contribution is -0.122. The number of carbonyl (C=O) groups excluding carboxylic acids is 1. The van der Waals surface area contributed by atoms with Crippen LogP contribution in [0.4, 0.5) is 0 Å².